The van der Waals surface area contributed by atoms with Crippen LogP contribution in [0.5, 0.6) is 0 Å². The molecule has 0 aromatic heterocycles. The molecule has 48 valence electrons. The first-order valence-electron chi connectivity index (χ1n) is 2.38. The fourth-order valence-corrected chi connectivity index (χ4v) is 1.04. The van der Waals surface area contributed by atoms with Gasteiger partial charge in [0.15, 0.2) is 11.1 Å². The molecule has 0 spiro atoms. The number of alkyl halides is 1. The van der Waals surface area contributed by atoms with Gasteiger partial charge in [0.05, 0.1) is 4.75 Å². The number of halogens is 1. The van der Waals surface area contributed by atoms with E-state index < -0.39 is 22.5 Å². The Balaban J connectivity index is 2.53. The Hall–Kier alpha value is 0.0400. The molecule has 0 heterocycles. The number of rotatable bonds is 2. The zero-order chi connectivity index (χ0) is 6.20. The molecule has 1 saturated carbocycles. The molecule has 1 aliphatic carbocycles. The van der Waals surface area contributed by atoms with Gasteiger partial charge >= 0.3 is 0 Å². The monoisotopic (exact) mass is 138 g/mol. The van der Waals surface area contributed by atoms with Crippen molar-refractivity contribution in [1.82, 2.24) is 0 Å². The van der Waals surface area contributed by atoms with Gasteiger partial charge in [0, 0.05) is 0 Å². The van der Waals surface area contributed by atoms with Crippen LogP contribution in [0.15, 0.2) is 0 Å². The van der Waals surface area contributed by atoms with E-state index in [9.17, 15) is 8.60 Å². The first-order valence-corrected chi connectivity index (χ1v) is 3.49. The van der Waals surface area contributed by atoms with Gasteiger partial charge in [-0.25, -0.2) is 8.60 Å². The fraction of sp³-hybridized carbons (Fsp3) is 1.00. The maximum atomic E-state index is 11.7. The molecule has 1 fully saturated rings. The Bertz CT molecular complexity index is 121. The van der Waals surface area contributed by atoms with Crippen LogP contribution in [0.4, 0.5) is 4.39 Å². The molecule has 0 saturated heterocycles. The topological polar surface area (TPSA) is 37.3 Å². The molecule has 0 aromatic carbocycles. The quantitative estimate of drug-likeness (QED) is 0.570. The predicted molar refractivity (Wildman–Crippen MR) is 28.7 cm³/mol. The van der Waals surface area contributed by atoms with Crippen LogP contribution in [0, 0.1) is 0 Å². The molecule has 0 amide bonds. The number of hydrogen-bond donors (Lipinski definition) is 1. The first-order chi connectivity index (χ1) is 3.71. The molecular weight excluding hydrogens is 131 g/mol. The lowest BCUT2D eigenvalue weighted by Crippen LogP contribution is -2.17. The Kier molecular flexibility index (Phi) is 1.37. The standard InChI is InChI=1S/C4H7FO2S/c5-3-4(1-2-4)8(6)7/h1-3H2,(H,6,7). The predicted octanol–water partition coefficient (Wildman–Crippen LogP) is 0.710. The van der Waals surface area contributed by atoms with E-state index in [1.165, 1.54) is 0 Å². The lowest BCUT2D eigenvalue weighted by atomic mass is 10.5. The summed E-state index contributed by atoms with van der Waals surface area (Å²) in [5, 5.41) is 0. The lowest BCUT2D eigenvalue weighted by Gasteiger charge is -2.00. The second kappa shape index (κ2) is 1.77. The van der Waals surface area contributed by atoms with Crippen LogP contribution in [0.3, 0.4) is 0 Å². The Morgan fingerprint density at radius 2 is 2.25 bits per heavy atom. The highest BCUT2D eigenvalue weighted by molar-refractivity contribution is 7.81. The summed E-state index contributed by atoms with van der Waals surface area (Å²) in [5.41, 5.74) is 0. The average Bonchev–Trinajstić information content (AvgIpc) is 2.44. The second-order valence-electron chi connectivity index (χ2n) is 2.07. The summed E-state index contributed by atoms with van der Waals surface area (Å²) in [4.78, 5) is 0. The third-order valence-corrected chi connectivity index (χ3v) is 2.68. The van der Waals surface area contributed by atoms with Crippen molar-refractivity contribution >= 4 is 11.1 Å². The van der Waals surface area contributed by atoms with Crippen LogP contribution in [-0.2, 0) is 11.1 Å². The van der Waals surface area contributed by atoms with E-state index in [1.807, 2.05) is 0 Å². The Morgan fingerprint density at radius 3 is 2.25 bits per heavy atom. The van der Waals surface area contributed by atoms with E-state index in [1.54, 1.807) is 0 Å². The highest BCUT2D eigenvalue weighted by atomic mass is 32.2. The molecule has 4 heteroatoms. The van der Waals surface area contributed by atoms with E-state index in [0.29, 0.717) is 12.8 Å². The summed E-state index contributed by atoms with van der Waals surface area (Å²) < 4.78 is 29.4. The molecule has 0 bridgehead atoms. The molecule has 1 atom stereocenters. The summed E-state index contributed by atoms with van der Waals surface area (Å²) in [5.74, 6) is 0. The zero-order valence-electron chi connectivity index (χ0n) is 4.26. The molecule has 0 aromatic rings. The summed E-state index contributed by atoms with van der Waals surface area (Å²) >= 11 is -1.94. The SMILES string of the molecule is O=S(O)C1(CF)CC1. The minimum atomic E-state index is -1.94. The van der Waals surface area contributed by atoms with Gasteiger partial charge in [-0.2, -0.15) is 0 Å². The summed E-state index contributed by atoms with van der Waals surface area (Å²) in [6, 6.07) is 0. The van der Waals surface area contributed by atoms with Crippen LogP contribution in [-0.4, -0.2) is 20.2 Å². The van der Waals surface area contributed by atoms with Crippen LogP contribution in [0.1, 0.15) is 12.8 Å². The summed E-state index contributed by atoms with van der Waals surface area (Å²) in [6.07, 6.45) is 1.12. The van der Waals surface area contributed by atoms with E-state index in [2.05, 4.69) is 0 Å². The van der Waals surface area contributed by atoms with Crippen LogP contribution < -0.4 is 0 Å². The summed E-state index contributed by atoms with van der Waals surface area (Å²) in [6.45, 7) is -0.657. The minimum Gasteiger partial charge on any atom is -0.306 e. The van der Waals surface area contributed by atoms with Crippen molar-refractivity contribution in [3.05, 3.63) is 0 Å². The van der Waals surface area contributed by atoms with E-state index in [-0.39, 0.29) is 0 Å². The second-order valence-corrected chi connectivity index (χ2v) is 3.43. The van der Waals surface area contributed by atoms with Crippen molar-refractivity contribution < 1.29 is 13.2 Å². The van der Waals surface area contributed by atoms with Crippen molar-refractivity contribution in [1.29, 1.82) is 0 Å². The molecule has 1 unspecified atom stereocenters. The van der Waals surface area contributed by atoms with Gasteiger partial charge in [0.1, 0.15) is 6.67 Å². The van der Waals surface area contributed by atoms with Crippen LogP contribution in [0.2, 0.25) is 0 Å². The van der Waals surface area contributed by atoms with Gasteiger partial charge in [-0.05, 0) is 12.8 Å². The summed E-state index contributed by atoms with van der Waals surface area (Å²) in [7, 11) is 0. The van der Waals surface area contributed by atoms with Crippen molar-refractivity contribution in [2.24, 2.45) is 0 Å². The zero-order valence-corrected chi connectivity index (χ0v) is 5.08. The highest BCUT2D eigenvalue weighted by Gasteiger charge is 2.49. The molecule has 1 rings (SSSR count). The molecule has 1 aliphatic rings. The largest absolute Gasteiger partial charge is 0.306 e. The van der Waals surface area contributed by atoms with Crippen LogP contribution in [0.25, 0.3) is 0 Å². The van der Waals surface area contributed by atoms with Crippen molar-refractivity contribution in [3.63, 3.8) is 0 Å². The minimum absolute atomic E-state index is 0.562. The van der Waals surface area contributed by atoms with Crippen LogP contribution >= 0.6 is 0 Å². The Labute approximate surface area is 49.4 Å². The number of hydrogen-bond acceptors (Lipinski definition) is 1. The molecule has 0 aliphatic heterocycles. The van der Waals surface area contributed by atoms with E-state index in [4.69, 9.17) is 4.55 Å². The average molecular weight is 138 g/mol. The molecule has 2 nitrogen and oxygen atoms in total. The van der Waals surface area contributed by atoms with Gasteiger partial charge in [-0.3, -0.25) is 0 Å². The van der Waals surface area contributed by atoms with Crippen molar-refractivity contribution in [2.75, 3.05) is 6.67 Å². The Morgan fingerprint density at radius 1 is 1.75 bits per heavy atom. The van der Waals surface area contributed by atoms with Gasteiger partial charge in [-0.15, -0.1) is 0 Å². The maximum Gasteiger partial charge on any atom is 0.161 e. The molecule has 1 N–H and O–H groups in total. The molecule has 0 radical (unpaired) electrons. The lowest BCUT2D eigenvalue weighted by molar-refractivity contribution is 0.449. The van der Waals surface area contributed by atoms with E-state index >= 15 is 0 Å². The molecular formula is C4H7FO2S. The van der Waals surface area contributed by atoms with Crippen molar-refractivity contribution in [3.8, 4) is 0 Å². The van der Waals surface area contributed by atoms with Gasteiger partial charge in [0.2, 0.25) is 0 Å². The van der Waals surface area contributed by atoms with Crippen molar-refractivity contribution in [2.45, 2.75) is 17.6 Å². The van der Waals surface area contributed by atoms with Gasteiger partial charge in [0.25, 0.3) is 0 Å². The third kappa shape index (κ3) is 0.778. The smallest absolute Gasteiger partial charge is 0.161 e. The highest BCUT2D eigenvalue weighted by Crippen LogP contribution is 2.40. The fourth-order valence-electron chi connectivity index (χ4n) is 0.494. The van der Waals surface area contributed by atoms with E-state index in [0.717, 1.165) is 0 Å². The normalized spacial score (nSPS) is 27.2. The van der Waals surface area contributed by atoms with Gasteiger partial charge < -0.3 is 4.55 Å². The molecule has 8 heavy (non-hydrogen) atoms. The van der Waals surface area contributed by atoms with Gasteiger partial charge in [-0.1, -0.05) is 0 Å². The maximum absolute atomic E-state index is 11.7. The first kappa shape index (κ1) is 6.16. The third-order valence-electron chi connectivity index (χ3n) is 1.42.